The molecule has 3 aromatic rings. The van der Waals surface area contributed by atoms with Crippen molar-refractivity contribution in [2.24, 2.45) is 17.9 Å². The van der Waals surface area contributed by atoms with E-state index < -0.39 is 0 Å². The first-order chi connectivity index (χ1) is 12.5. The first-order valence-corrected chi connectivity index (χ1v) is 8.89. The number of hydrogen-bond donors (Lipinski definition) is 1. The zero-order chi connectivity index (χ0) is 17.9. The van der Waals surface area contributed by atoms with Crippen LogP contribution >= 0.6 is 0 Å². The highest BCUT2D eigenvalue weighted by molar-refractivity contribution is 5.91. The van der Waals surface area contributed by atoms with Crippen molar-refractivity contribution < 1.29 is 9.90 Å². The van der Waals surface area contributed by atoms with Crippen molar-refractivity contribution >= 4 is 16.6 Å². The highest BCUT2D eigenvalue weighted by Crippen LogP contribution is 2.73. The Balaban J connectivity index is 1.40. The first kappa shape index (κ1) is 15.6. The van der Waals surface area contributed by atoms with Crippen LogP contribution in [-0.2, 0) is 18.3 Å². The summed E-state index contributed by atoms with van der Waals surface area (Å²) < 4.78 is 1.75. The van der Waals surface area contributed by atoms with Crippen LogP contribution in [0.25, 0.3) is 22.0 Å². The highest BCUT2D eigenvalue weighted by Gasteiger charge is 2.70. The number of nitrogens with zero attached hydrogens (tertiary/aromatic N) is 4. The van der Waals surface area contributed by atoms with Crippen molar-refractivity contribution in [2.45, 2.75) is 25.7 Å². The number of aliphatic hydroxyl groups is 1. The fourth-order valence-corrected chi connectivity index (χ4v) is 4.71. The van der Waals surface area contributed by atoms with Gasteiger partial charge in [-0.2, -0.15) is 5.10 Å². The molecular weight excluding hydrogens is 328 g/mol. The molecule has 3 fully saturated rings. The number of ketones is 1. The lowest BCUT2D eigenvalue weighted by atomic mass is 9.34. The number of hydrogen-bond acceptors (Lipinski definition) is 5. The second-order valence-corrected chi connectivity index (χ2v) is 8.06. The summed E-state index contributed by atoms with van der Waals surface area (Å²) in [6.07, 6.45) is 10.2. The number of fused-ring (bicyclic) bond motifs is 1. The normalized spacial score (nSPS) is 26.4. The molecule has 0 aromatic carbocycles. The summed E-state index contributed by atoms with van der Waals surface area (Å²) in [7, 11) is 1.88. The van der Waals surface area contributed by atoms with Crippen molar-refractivity contribution in [3.8, 4) is 11.3 Å². The topological polar surface area (TPSA) is 80.9 Å². The van der Waals surface area contributed by atoms with Crippen LogP contribution in [0.3, 0.4) is 0 Å². The van der Waals surface area contributed by atoms with E-state index in [2.05, 4.69) is 15.1 Å². The number of pyridine rings is 2. The monoisotopic (exact) mass is 348 g/mol. The average Bonchev–Trinajstić information content (AvgIpc) is 2.99. The lowest BCUT2D eigenvalue weighted by molar-refractivity contribution is -0.218. The van der Waals surface area contributed by atoms with Crippen LogP contribution in [0.2, 0.25) is 0 Å². The van der Waals surface area contributed by atoms with E-state index in [1.165, 1.54) is 0 Å². The minimum atomic E-state index is -0.182. The SMILES string of the molecule is Cn1cc(-c2cc3cc(CC(=O)C45CC(CO)(C4)C5)ncc3cn2)cn1. The summed E-state index contributed by atoms with van der Waals surface area (Å²) >= 11 is 0. The maximum atomic E-state index is 12.7. The van der Waals surface area contributed by atoms with E-state index in [-0.39, 0.29) is 23.2 Å². The summed E-state index contributed by atoms with van der Waals surface area (Å²) in [6.45, 7) is 0.209. The summed E-state index contributed by atoms with van der Waals surface area (Å²) in [5.74, 6) is 0.265. The van der Waals surface area contributed by atoms with Gasteiger partial charge in [0.05, 0.1) is 11.9 Å². The van der Waals surface area contributed by atoms with Crippen LogP contribution in [0.5, 0.6) is 0 Å². The zero-order valence-electron chi connectivity index (χ0n) is 14.6. The third-order valence-corrected chi connectivity index (χ3v) is 6.07. The Hall–Kier alpha value is -2.60. The largest absolute Gasteiger partial charge is 0.396 e. The Labute approximate surface area is 150 Å². The molecule has 3 aliphatic rings. The second-order valence-electron chi connectivity index (χ2n) is 8.06. The van der Waals surface area contributed by atoms with Crippen molar-refractivity contribution in [3.63, 3.8) is 0 Å². The van der Waals surface area contributed by atoms with Gasteiger partial charge in [-0.05, 0) is 42.2 Å². The molecule has 1 N–H and O–H groups in total. The fraction of sp³-hybridized carbons (Fsp3) is 0.400. The summed E-state index contributed by atoms with van der Waals surface area (Å²) in [6, 6.07) is 4.01. The van der Waals surface area contributed by atoms with Crippen LogP contribution in [-0.4, -0.2) is 37.2 Å². The molecule has 0 unspecified atom stereocenters. The summed E-state index contributed by atoms with van der Waals surface area (Å²) in [5, 5.41) is 15.6. The molecule has 6 rings (SSSR count). The zero-order valence-corrected chi connectivity index (χ0v) is 14.6. The van der Waals surface area contributed by atoms with Gasteiger partial charge in [-0.25, -0.2) is 0 Å². The highest BCUT2D eigenvalue weighted by atomic mass is 16.3. The molecule has 3 heterocycles. The Morgan fingerprint density at radius 2 is 1.92 bits per heavy atom. The molecule has 0 amide bonds. The molecular formula is C20H20N4O2. The Kier molecular flexibility index (Phi) is 3.13. The van der Waals surface area contributed by atoms with Crippen molar-refractivity contribution in [2.75, 3.05) is 6.61 Å². The second kappa shape index (κ2) is 5.20. The number of aromatic nitrogens is 4. The maximum absolute atomic E-state index is 12.7. The smallest absolute Gasteiger partial charge is 0.145 e. The molecule has 0 radical (unpaired) electrons. The van der Waals surface area contributed by atoms with Gasteiger partial charge in [0, 0.05) is 60.7 Å². The van der Waals surface area contributed by atoms with Gasteiger partial charge >= 0.3 is 0 Å². The number of aryl methyl sites for hydroxylation is 1. The van der Waals surface area contributed by atoms with Crippen molar-refractivity contribution in [3.05, 3.63) is 42.6 Å². The van der Waals surface area contributed by atoms with E-state index in [4.69, 9.17) is 0 Å². The van der Waals surface area contributed by atoms with E-state index in [1.54, 1.807) is 17.1 Å². The van der Waals surface area contributed by atoms with Crippen LogP contribution < -0.4 is 0 Å². The molecule has 3 aromatic heterocycles. The third kappa shape index (κ3) is 2.22. The molecule has 6 nitrogen and oxygen atoms in total. The lowest BCUT2D eigenvalue weighted by Gasteiger charge is -2.69. The molecule has 26 heavy (non-hydrogen) atoms. The van der Waals surface area contributed by atoms with Gasteiger partial charge < -0.3 is 5.11 Å². The standard InChI is InChI=1S/C20H20N4O2/c1-24-8-15(7-23-24)17-3-13-2-16(21-5-14(13)6-22-17)4-18(26)20-9-19(10-20,11-20)12-25/h2-3,5-8,25H,4,9-12H2,1H3. The van der Waals surface area contributed by atoms with E-state index in [1.807, 2.05) is 31.6 Å². The molecule has 0 saturated heterocycles. The van der Waals surface area contributed by atoms with Crippen LogP contribution in [0, 0.1) is 10.8 Å². The summed E-state index contributed by atoms with van der Waals surface area (Å²) in [4.78, 5) is 21.6. The van der Waals surface area contributed by atoms with E-state index in [0.29, 0.717) is 6.42 Å². The lowest BCUT2D eigenvalue weighted by Crippen LogP contribution is -2.67. The Bertz CT molecular complexity index is 1020. The van der Waals surface area contributed by atoms with Gasteiger partial charge in [0.15, 0.2) is 0 Å². The quantitative estimate of drug-likeness (QED) is 0.765. The molecule has 0 spiro atoms. The van der Waals surface area contributed by atoms with Gasteiger partial charge in [-0.15, -0.1) is 0 Å². The number of rotatable bonds is 5. The molecule has 6 heteroatoms. The fourth-order valence-electron chi connectivity index (χ4n) is 4.71. The van der Waals surface area contributed by atoms with E-state index >= 15 is 0 Å². The van der Waals surface area contributed by atoms with Gasteiger partial charge in [0.25, 0.3) is 0 Å². The Morgan fingerprint density at radius 3 is 2.62 bits per heavy atom. The molecule has 0 atom stereocenters. The molecule has 3 saturated carbocycles. The van der Waals surface area contributed by atoms with Gasteiger partial charge in [0.2, 0.25) is 0 Å². The Morgan fingerprint density at radius 1 is 1.15 bits per heavy atom. The molecule has 2 bridgehead atoms. The molecule has 0 aliphatic heterocycles. The van der Waals surface area contributed by atoms with Gasteiger partial charge in [-0.1, -0.05) is 0 Å². The minimum absolute atomic E-state index is 0.0523. The van der Waals surface area contributed by atoms with E-state index in [0.717, 1.165) is 47.0 Å². The third-order valence-electron chi connectivity index (χ3n) is 6.07. The number of Topliss-reactive ketones (excluding diaryl/α,β-unsaturated/α-hetero) is 1. The average molecular weight is 348 g/mol. The van der Waals surface area contributed by atoms with Crippen molar-refractivity contribution in [1.29, 1.82) is 0 Å². The molecule has 3 aliphatic carbocycles. The van der Waals surface area contributed by atoms with Crippen LogP contribution in [0.1, 0.15) is 25.0 Å². The van der Waals surface area contributed by atoms with Gasteiger partial charge in [0.1, 0.15) is 5.78 Å². The predicted molar refractivity (Wildman–Crippen MR) is 96.3 cm³/mol. The summed E-state index contributed by atoms with van der Waals surface area (Å²) in [5.41, 5.74) is 2.49. The maximum Gasteiger partial charge on any atom is 0.145 e. The number of aliphatic hydroxyl groups excluding tert-OH is 1. The van der Waals surface area contributed by atoms with E-state index in [9.17, 15) is 9.90 Å². The van der Waals surface area contributed by atoms with Crippen LogP contribution in [0.4, 0.5) is 0 Å². The molecule has 132 valence electrons. The van der Waals surface area contributed by atoms with Crippen molar-refractivity contribution in [1.82, 2.24) is 19.7 Å². The number of carbonyl (C=O) groups is 1. The van der Waals surface area contributed by atoms with Gasteiger partial charge in [-0.3, -0.25) is 19.4 Å². The van der Waals surface area contributed by atoms with Crippen LogP contribution in [0.15, 0.2) is 36.9 Å². The predicted octanol–water partition coefficient (Wildman–Crippen LogP) is 2.30. The number of carbonyl (C=O) groups excluding carboxylic acids is 1. The first-order valence-electron chi connectivity index (χ1n) is 8.89. The minimum Gasteiger partial charge on any atom is -0.396 e.